The first-order chi connectivity index (χ1) is 17.9. The van der Waals surface area contributed by atoms with Gasteiger partial charge in [0.2, 0.25) is 5.43 Å². The van der Waals surface area contributed by atoms with Crippen molar-refractivity contribution in [1.29, 1.82) is 0 Å². The van der Waals surface area contributed by atoms with E-state index in [1.54, 1.807) is 0 Å². The number of likely N-dealkylation sites (N-methyl/N-ethyl adjacent to an activating group) is 2. The van der Waals surface area contributed by atoms with Crippen LogP contribution in [0.25, 0.3) is 26.1 Å². The number of amides is 1. The molecule has 2 aliphatic heterocycles. The lowest BCUT2D eigenvalue weighted by atomic mass is 10.1. The molecule has 37 heavy (non-hydrogen) atoms. The van der Waals surface area contributed by atoms with Gasteiger partial charge in [-0.1, -0.05) is 12.1 Å². The van der Waals surface area contributed by atoms with Gasteiger partial charge in [-0.2, -0.15) is 0 Å². The molecule has 4 aromatic rings. The van der Waals surface area contributed by atoms with Crippen molar-refractivity contribution in [1.82, 2.24) is 27.6 Å². The quantitative estimate of drug-likeness (QED) is 0.274. The molecule has 0 unspecified atom stereocenters. The molecule has 0 spiro atoms. The number of aromatic nitrogens is 2. The number of para-hydroxylation sites is 1. The highest BCUT2D eigenvalue weighted by atomic mass is 127. The van der Waals surface area contributed by atoms with Crippen molar-refractivity contribution >= 4 is 72.0 Å². The number of halogens is 1. The van der Waals surface area contributed by atoms with Crippen LogP contribution in [0.5, 0.6) is 0 Å². The van der Waals surface area contributed by atoms with Gasteiger partial charge >= 0.3 is 0 Å². The maximum atomic E-state index is 13.8. The third-order valence-electron chi connectivity index (χ3n) is 7.10. The fourth-order valence-electron chi connectivity index (χ4n) is 5.06. The summed E-state index contributed by atoms with van der Waals surface area (Å²) in [5, 5.41) is 3.45. The van der Waals surface area contributed by atoms with Gasteiger partial charge in [-0.3, -0.25) is 14.0 Å². The van der Waals surface area contributed by atoms with Crippen LogP contribution in [0.3, 0.4) is 0 Å². The van der Waals surface area contributed by atoms with Crippen molar-refractivity contribution < 1.29 is 4.79 Å². The molecule has 1 fully saturated rings. The van der Waals surface area contributed by atoms with E-state index in [4.69, 9.17) is 4.98 Å². The normalized spacial score (nSPS) is 17.2. The average molecular weight is 630 g/mol. The number of thiazole rings is 1. The number of nitrogens with zero attached hydrogens (tertiary/aromatic N) is 6. The molecule has 9 nitrogen and oxygen atoms in total. The smallest absolute Gasteiger partial charge is 0.258 e. The molecule has 0 radical (unpaired) electrons. The predicted octanol–water partition coefficient (Wildman–Crippen LogP) is 3.33. The van der Waals surface area contributed by atoms with Crippen molar-refractivity contribution in [3.05, 3.63) is 64.1 Å². The molecule has 0 aliphatic carbocycles. The highest BCUT2D eigenvalue weighted by molar-refractivity contribution is 14.1. The van der Waals surface area contributed by atoms with E-state index in [0.29, 0.717) is 22.4 Å². The zero-order valence-corrected chi connectivity index (χ0v) is 23.8. The highest BCUT2D eigenvalue weighted by Gasteiger charge is 2.25. The van der Waals surface area contributed by atoms with Gasteiger partial charge in [0.25, 0.3) is 5.91 Å². The Morgan fingerprint density at radius 2 is 1.95 bits per heavy atom. The molecule has 0 saturated carbocycles. The fourth-order valence-corrected chi connectivity index (χ4v) is 7.03. The number of nitrogens with one attached hydrogen (secondary N) is 1. The van der Waals surface area contributed by atoms with Crippen LogP contribution in [0.2, 0.25) is 0 Å². The molecule has 5 heterocycles. The maximum absolute atomic E-state index is 13.8. The summed E-state index contributed by atoms with van der Waals surface area (Å²) >= 11 is 3.68. The van der Waals surface area contributed by atoms with E-state index in [1.165, 1.54) is 11.3 Å². The van der Waals surface area contributed by atoms with Gasteiger partial charge in [-0.15, -0.1) is 11.3 Å². The summed E-state index contributed by atoms with van der Waals surface area (Å²) in [6.07, 6.45) is 3.06. The summed E-state index contributed by atoms with van der Waals surface area (Å²) in [6, 6.07) is 11.8. The van der Waals surface area contributed by atoms with Crippen molar-refractivity contribution in [2.24, 2.45) is 0 Å². The van der Waals surface area contributed by atoms with Crippen LogP contribution in [-0.4, -0.2) is 81.7 Å². The van der Waals surface area contributed by atoms with Crippen LogP contribution in [0.15, 0.2) is 53.1 Å². The molecule has 1 saturated heterocycles. The number of carbonyl (C=O) groups is 1. The third-order valence-corrected chi connectivity index (χ3v) is 8.83. The molecule has 1 N–H and O–H groups in total. The van der Waals surface area contributed by atoms with Crippen LogP contribution >= 0.6 is 34.2 Å². The fraction of sp³-hybridized carbons (Fsp3) is 0.346. The molecular formula is C26H28IN7O2S. The molecule has 2 aliphatic rings. The second kappa shape index (κ2) is 9.76. The van der Waals surface area contributed by atoms with E-state index >= 15 is 0 Å². The van der Waals surface area contributed by atoms with Gasteiger partial charge in [0.05, 0.1) is 57.4 Å². The second-order valence-electron chi connectivity index (χ2n) is 9.64. The van der Waals surface area contributed by atoms with E-state index in [2.05, 4.69) is 49.9 Å². The van der Waals surface area contributed by atoms with Crippen LogP contribution in [0, 0.1) is 0 Å². The molecule has 6 rings (SSSR count). The van der Waals surface area contributed by atoms with E-state index in [0.717, 1.165) is 61.0 Å². The number of hydrogen-bond acceptors (Lipinski definition) is 8. The molecule has 1 amide bonds. The Morgan fingerprint density at radius 3 is 2.76 bits per heavy atom. The number of rotatable bonds is 4. The lowest BCUT2D eigenvalue weighted by molar-refractivity contribution is 0.0955. The summed E-state index contributed by atoms with van der Waals surface area (Å²) < 4.78 is 5.03. The summed E-state index contributed by atoms with van der Waals surface area (Å²) in [6.45, 7) is 4.94. The number of fused-ring (bicyclic) bond motifs is 5. The number of benzene rings is 1. The van der Waals surface area contributed by atoms with E-state index in [1.807, 2.05) is 57.2 Å². The molecule has 0 bridgehead atoms. The molecule has 0 atom stereocenters. The van der Waals surface area contributed by atoms with Gasteiger partial charge in [-0.25, -0.2) is 4.98 Å². The Hall–Kier alpha value is -2.90. The van der Waals surface area contributed by atoms with Crippen molar-refractivity contribution in [3.63, 3.8) is 0 Å². The minimum absolute atomic E-state index is 0.173. The number of hydrogen-bond donors (Lipinski definition) is 1. The van der Waals surface area contributed by atoms with E-state index in [-0.39, 0.29) is 16.9 Å². The molecule has 1 aromatic carbocycles. The molecule has 3 aromatic heterocycles. The van der Waals surface area contributed by atoms with Gasteiger partial charge in [0.1, 0.15) is 16.2 Å². The number of pyridine rings is 2. The third kappa shape index (κ3) is 4.42. The predicted molar refractivity (Wildman–Crippen MR) is 158 cm³/mol. The molecule has 192 valence electrons. The van der Waals surface area contributed by atoms with E-state index in [9.17, 15) is 9.59 Å². The van der Waals surface area contributed by atoms with Gasteiger partial charge < -0.3 is 23.1 Å². The zero-order chi connectivity index (χ0) is 25.7. The maximum Gasteiger partial charge on any atom is 0.258 e. The van der Waals surface area contributed by atoms with E-state index < -0.39 is 0 Å². The first-order valence-electron chi connectivity index (χ1n) is 12.3. The minimum Gasteiger partial charge on any atom is -0.357 e. The average Bonchev–Trinajstić information content (AvgIpc) is 3.34. The topological polar surface area (TPSA) is 76.4 Å². The van der Waals surface area contributed by atoms with Crippen LogP contribution in [0.4, 0.5) is 5.82 Å². The summed E-state index contributed by atoms with van der Waals surface area (Å²) in [5.41, 5.74) is 2.43. The Bertz CT molecular complexity index is 1610. The minimum atomic E-state index is -0.364. The summed E-state index contributed by atoms with van der Waals surface area (Å²) in [4.78, 5) is 39.7. The van der Waals surface area contributed by atoms with Crippen LogP contribution in [0.1, 0.15) is 16.8 Å². The van der Waals surface area contributed by atoms with Crippen LogP contribution < -0.4 is 15.6 Å². The Kier molecular flexibility index (Phi) is 6.45. The highest BCUT2D eigenvalue weighted by Crippen LogP contribution is 2.31. The first kappa shape index (κ1) is 24.4. The van der Waals surface area contributed by atoms with Gasteiger partial charge in [-0.05, 0) is 44.3 Å². The van der Waals surface area contributed by atoms with Gasteiger partial charge in [0.15, 0.2) is 5.65 Å². The van der Waals surface area contributed by atoms with Crippen molar-refractivity contribution in [2.75, 3.05) is 58.4 Å². The standard InChI is InChI=1S/C26H28IN7O2S/c1-30-10-5-11-32(13-12-30)21-9-8-18-23(35)22(25(36)28-14-17-15-33(27)16-31(17)2)26-34(24(18)29-21)19-6-3-4-7-20(19)37-26/h3-4,6-9,15H,5,10-14,16H2,1-2H3,(H,28,36). The second-order valence-corrected chi connectivity index (χ2v) is 11.9. The largest absolute Gasteiger partial charge is 0.357 e. The number of carbonyl (C=O) groups excluding carboxylic acids is 1. The Labute approximate surface area is 232 Å². The van der Waals surface area contributed by atoms with Crippen molar-refractivity contribution in [3.8, 4) is 0 Å². The lowest BCUT2D eigenvalue weighted by Crippen LogP contribution is -2.33. The monoisotopic (exact) mass is 629 g/mol. The first-order valence-corrected chi connectivity index (χ1v) is 14.1. The zero-order valence-electron chi connectivity index (χ0n) is 20.8. The summed E-state index contributed by atoms with van der Waals surface area (Å²) in [7, 11) is 4.13. The Morgan fingerprint density at radius 1 is 1.11 bits per heavy atom. The summed E-state index contributed by atoms with van der Waals surface area (Å²) in [5.74, 6) is 0.500. The molecule has 11 heteroatoms. The van der Waals surface area contributed by atoms with Crippen molar-refractivity contribution in [2.45, 2.75) is 6.42 Å². The Balaban J connectivity index is 1.48. The number of anilines is 1. The molecular weight excluding hydrogens is 601 g/mol. The SMILES string of the molecule is CN1CCCN(c2ccc3c(=O)c(C(=O)NCC4=CN(I)CN4C)c4sc5ccccc5n4c3n2)CC1. The van der Waals surface area contributed by atoms with Crippen LogP contribution in [-0.2, 0) is 0 Å². The van der Waals surface area contributed by atoms with Gasteiger partial charge in [0, 0.05) is 32.9 Å². The lowest BCUT2D eigenvalue weighted by Gasteiger charge is -2.22.